The second-order valence-corrected chi connectivity index (χ2v) is 4.36. The number of carbonyl (C=O) groups excluding carboxylic acids is 2. The molecule has 0 aliphatic carbocycles. The molecule has 0 aromatic carbocycles. The number of allylic oxidation sites excluding steroid dienone is 3. The SMILES string of the molecule is CCOC(=O)C1(C/C=C/C(F)F)CC(=O)C=C(C)N1. The van der Waals surface area contributed by atoms with E-state index in [4.69, 9.17) is 4.74 Å². The Balaban J connectivity index is 2.94. The third-order valence-corrected chi connectivity index (χ3v) is 2.70. The third kappa shape index (κ3) is 4.15. The minimum Gasteiger partial charge on any atom is -0.464 e. The van der Waals surface area contributed by atoms with Crippen molar-refractivity contribution in [3.05, 3.63) is 23.9 Å². The van der Waals surface area contributed by atoms with Crippen LogP contribution in [0.1, 0.15) is 26.7 Å². The molecular weight excluding hydrogens is 256 g/mol. The average Bonchev–Trinajstić information content (AvgIpc) is 2.27. The summed E-state index contributed by atoms with van der Waals surface area (Å²) in [6.07, 6.45) is 0.564. The van der Waals surface area contributed by atoms with Crippen LogP contribution in [0, 0.1) is 0 Å². The van der Waals surface area contributed by atoms with Crippen molar-refractivity contribution >= 4 is 11.8 Å². The van der Waals surface area contributed by atoms with Crippen molar-refractivity contribution in [2.45, 2.75) is 38.7 Å². The fourth-order valence-electron chi connectivity index (χ4n) is 2.02. The fourth-order valence-corrected chi connectivity index (χ4v) is 2.02. The normalized spacial score (nSPS) is 23.4. The van der Waals surface area contributed by atoms with Crippen LogP contribution in [0.3, 0.4) is 0 Å². The minimum atomic E-state index is -2.59. The number of alkyl halides is 2. The lowest BCUT2D eigenvalue weighted by atomic mass is 9.85. The standard InChI is InChI=1S/C13H17F2NO3/c1-3-19-12(18)13(6-4-5-11(14)15)8-10(17)7-9(2)16-13/h4-5,7,11,16H,3,6,8H2,1-2H3/b5-4+. The van der Waals surface area contributed by atoms with E-state index in [-0.39, 0.29) is 25.2 Å². The van der Waals surface area contributed by atoms with Crippen LogP contribution in [0.5, 0.6) is 0 Å². The van der Waals surface area contributed by atoms with Crippen molar-refractivity contribution in [2.24, 2.45) is 0 Å². The van der Waals surface area contributed by atoms with Crippen LogP contribution in [0.25, 0.3) is 0 Å². The average molecular weight is 273 g/mol. The molecule has 0 saturated carbocycles. The second kappa shape index (κ2) is 6.45. The van der Waals surface area contributed by atoms with Crippen molar-refractivity contribution in [2.75, 3.05) is 6.61 Å². The number of nitrogens with one attached hydrogen (secondary N) is 1. The highest BCUT2D eigenvalue weighted by molar-refractivity contribution is 5.98. The maximum Gasteiger partial charge on any atom is 0.332 e. The molecule has 1 aliphatic heterocycles. The number of ether oxygens (including phenoxy) is 1. The van der Waals surface area contributed by atoms with Gasteiger partial charge in [-0.05, 0) is 32.4 Å². The number of ketones is 1. The van der Waals surface area contributed by atoms with Crippen molar-refractivity contribution in [3.8, 4) is 0 Å². The van der Waals surface area contributed by atoms with E-state index in [1.165, 1.54) is 12.2 Å². The molecule has 0 saturated heterocycles. The van der Waals surface area contributed by atoms with Gasteiger partial charge in [-0.25, -0.2) is 13.6 Å². The summed E-state index contributed by atoms with van der Waals surface area (Å²) in [5.74, 6) is -0.829. The van der Waals surface area contributed by atoms with Crippen LogP contribution in [0.4, 0.5) is 8.78 Å². The van der Waals surface area contributed by atoms with E-state index in [1.54, 1.807) is 13.8 Å². The second-order valence-electron chi connectivity index (χ2n) is 4.36. The topological polar surface area (TPSA) is 55.4 Å². The van der Waals surface area contributed by atoms with Gasteiger partial charge >= 0.3 is 5.97 Å². The van der Waals surface area contributed by atoms with Crippen LogP contribution < -0.4 is 5.32 Å². The lowest BCUT2D eigenvalue weighted by Gasteiger charge is -2.34. The fraction of sp³-hybridized carbons (Fsp3) is 0.538. The number of hydrogen-bond acceptors (Lipinski definition) is 4. The van der Waals surface area contributed by atoms with Crippen molar-refractivity contribution in [1.29, 1.82) is 0 Å². The summed E-state index contributed by atoms with van der Waals surface area (Å²) in [5.41, 5.74) is -0.758. The van der Waals surface area contributed by atoms with Gasteiger partial charge in [-0.3, -0.25) is 4.79 Å². The van der Waals surface area contributed by atoms with Gasteiger partial charge in [-0.1, -0.05) is 6.08 Å². The first-order valence-electron chi connectivity index (χ1n) is 6.01. The van der Waals surface area contributed by atoms with Gasteiger partial charge in [0.05, 0.1) is 6.61 Å². The van der Waals surface area contributed by atoms with Gasteiger partial charge in [-0.2, -0.15) is 0 Å². The number of rotatable bonds is 5. The molecule has 0 amide bonds. The highest BCUT2D eigenvalue weighted by Gasteiger charge is 2.42. The van der Waals surface area contributed by atoms with E-state index in [9.17, 15) is 18.4 Å². The van der Waals surface area contributed by atoms with Crippen LogP contribution >= 0.6 is 0 Å². The minimum absolute atomic E-state index is 0.0207. The summed E-state index contributed by atoms with van der Waals surface area (Å²) in [4.78, 5) is 23.6. The van der Waals surface area contributed by atoms with E-state index >= 15 is 0 Å². The molecule has 0 radical (unpaired) electrons. The predicted octanol–water partition coefficient (Wildman–Crippen LogP) is 1.97. The van der Waals surface area contributed by atoms with Gasteiger partial charge in [0.2, 0.25) is 0 Å². The first-order chi connectivity index (χ1) is 8.89. The Bertz CT molecular complexity index is 418. The molecule has 106 valence electrons. The highest BCUT2D eigenvalue weighted by Crippen LogP contribution is 2.25. The predicted molar refractivity (Wildman–Crippen MR) is 65.6 cm³/mol. The first-order valence-corrected chi connectivity index (χ1v) is 6.01. The summed E-state index contributed by atoms with van der Waals surface area (Å²) < 4.78 is 29.2. The van der Waals surface area contributed by atoms with Gasteiger partial charge in [0, 0.05) is 12.1 Å². The van der Waals surface area contributed by atoms with Gasteiger partial charge in [0.1, 0.15) is 5.54 Å². The van der Waals surface area contributed by atoms with E-state index in [2.05, 4.69) is 5.32 Å². The molecule has 0 aromatic rings. The lowest BCUT2D eigenvalue weighted by Crippen LogP contribution is -2.55. The van der Waals surface area contributed by atoms with Crippen LogP contribution in [0.2, 0.25) is 0 Å². The molecule has 0 spiro atoms. The van der Waals surface area contributed by atoms with Gasteiger partial charge in [0.25, 0.3) is 6.43 Å². The Morgan fingerprint density at radius 2 is 2.32 bits per heavy atom. The van der Waals surface area contributed by atoms with E-state index in [0.29, 0.717) is 11.8 Å². The van der Waals surface area contributed by atoms with E-state index in [0.717, 1.165) is 0 Å². The van der Waals surface area contributed by atoms with Crippen molar-refractivity contribution in [1.82, 2.24) is 5.32 Å². The van der Waals surface area contributed by atoms with Gasteiger partial charge in [-0.15, -0.1) is 0 Å². The quantitative estimate of drug-likeness (QED) is 0.614. The summed E-state index contributed by atoms with van der Waals surface area (Å²) in [7, 11) is 0. The molecule has 0 bridgehead atoms. The highest BCUT2D eigenvalue weighted by atomic mass is 19.3. The maximum absolute atomic E-state index is 12.1. The number of carbonyl (C=O) groups is 2. The number of esters is 1. The smallest absolute Gasteiger partial charge is 0.332 e. The van der Waals surface area contributed by atoms with Gasteiger partial charge < -0.3 is 10.1 Å². The van der Waals surface area contributed by atoms with Gasteiger partial charge in [0.15, 0.2) is 5.78 Å². The zero-order valence-corrected chi connectivity index (χ0v) is 10.9. The van der Waals surface area contributed by atoms with Crippen LogP contribution in [-0.4, -0.2) is 30.3 Å². The zero-order chi connectivity index (χ0) is 14.5. The summed E-state index contributed by atoms with van der Waals surface area (Å²) >= 11 is 0. The van der Waals surface area contributed by atoms with E-state index in [1.807, 2.05) is 0 Å². The molecule has 1 aliphatic rings. The summed E-state index contributed by atoms with van der Waals surface area (Å²) in [6.45, 7) is 3.45. The molecule has 1 heterocycles. The van der Waals surface area contributed by atoms with Crippen molar-refractivity contribution in [3.63, 3.8) is 0 Å². The molecule has 1 atom stereocenters. The largest absolute Gasteiger partial charge is 0.464 e. The molecule has 0 aromatic heterocycles. The van der Waals surface area contributed by atoms with Crippen LogP contribution in [0.15, 0.2) is 23.9 Å². The molecule has 0 fully saturated rings. The monoisotopic (exact) mass is 273 g/mol. The maximum atomic E-state index is 12.1. The Labute approximate surface area is 110 Å². The number of halogens is 2. The Morgan fingerprint density at radius 1 is 1.63 bits per heavy atom. The van der Waals surface area contributed by atoms with Crippen LogP contribution in [-0.2, 0) is 14.3 Å². The first kappa shape index (κ1) is 15.3. The third-order valence-electron chi connectivity index (χ3n) is 2.70. The Morgan fingerprint density at radius 3 is 2.84 bits per heavy atom. The summed E-state index contributed by atoms with van der Waals surface area (Å²) in [6, 6.07) is 0. The molecule has 4 nitrogen and oxygen atoms in total. The molecular formula is C13H17F2NO3. The van der Waals surface area contributed by atoms with E-state index < -0.39 is 17.9 Å². The van der Waals surface area contributed by atoms with Crippen molar-refractivity contribution < 1.29 is 23.1 Å². The molecule has 6 heteroatoms. The molecule has 1 N–H and O–H groups in total. The molecule has 1 unspecified atom stereocenters. The summed E-state index contributed by atoms with van der Waals surface area (Å²) in [5, 5.41) is 2.89. The zero-order valence-electron chi connectivity index (χ0n) is 10.9. The number of hydrogen-bond donors (Lipinski definition) is 1. The Kier molecular flexibility index (Phi) is 5.20. The lowest BCUT2D eigenvalue weighted by molar-refractivity contribution is -0.152. The Hall–Kier alpha value is -1.72. The molecule has 1 rings (SSSR count). The molecule has 19 heavy (non-hydrogen) atoms.